The van der Waals surface area contributed by atoms with Gasteiger partial charge in [0.25, 0.3) is 0 Å². The Balaban J connectivity index is 0.00000121. The molecule has 1 nitrogen and oxygen atoms in total. The van der Waals surface area contributed by atoms with Crippen LogP contribution in [0.25, 0.3) is 5.57 Å². The molecule has 2 heteroatoms. The molecule has 0 aliphatic carbocycles. The molecule has 0 bridgehead atoms. The van der Waals surface area contributed by atoms with Crippen LogP contribution in [-0.2, 0) is 4.79 Å². The Morgan fingerprint density at radius 2 is 2.33 bits per heavy atom. The molecular weight excluding hydrogens is 374 g/mol. The summed E-state index contributed by atoms with van der Waals surface area (Å²) in [4.78, 5) is 10.3. The van der Waals surface area contributed by atoms with Gasteiger partial charge in [0.1, 0.15) is 0 Å². The van der Waals surface area contributed by atoms with Gasteiger partial charge in [-0.3, -0.25) is 5.56 Å². The largest absolute Gasteiger partial charge is 2.00 e. The summed E-state index contributed by atoms with van der Waals surface area (Å²) in [7, 11) is 0. The Labute approximate surface area is 96.2 Å². The summed E-state index contributed by atoms with van der Waals surface area (Å²) in [5.74, 6) is 0. The normalized spacial score (nSPS) is 10.2. The van der Waals surface area contributed by atoms with Gasteiger partial charge in [-0.05, 0) is 0 Å². The number of benzene rings is 1. The molecule has 0 aromatic heterocycles. The molecule has 0 saturated carbocycles. The molecule has 0 unspecified atom stereocenters. The monoisotopic (exact) mass is 382 g/mol. The molecule has 1 rings (SSSR count). The zero-order chi connectivity index (χ0) is 8.10. The van der Waals surface area contributed by atoms with E-state index < -0.39 is 0 Å². The van der Waals surface area contributed by atoms with Gasteiger partial charge in [0, 0.05) is 6.29 Å². The van der Waals surface area contributed by atoms with Crippen LogP contribution in [0, 0.1) is 37.2 Å². The first kappa shape index (κ1) is 11.7. The summed E-state index contributed by atoms with van der Waals surface area (Å²) < 4.78 is 0. The van der Waals surface area contributed by atoms with Crippen molar-refractivity contribution < 1.29 is 35.9 Å². The minimum atomic E-state index is 0. The Morgan fingerprint density at radius 3 is 2.75 bits per heavy atom. The van der Waals surface area contributed by atoms with Crippen LogP contribution in [-0.4, -0.2) is 6.29 Å². The Hall–Kier alpha value is -0.318. The fraction of sp³-hybridized carbons (Fsp3) is 0.100. The van der Waals surface area contributed by atoms with E-state index in [0.29, 0.717) is 5.57 Å². The maximum absolute atomic E-state index is 10.3. The predicted octanol–water partition coefficient (Wildman–Crippen LogP) is 2.00. The molecule has 58 valence electrons. The van der Waals surface area contributed by atoms with Gasteiger partial charge in [-0.25, -0.2) is 23.8 Å². The van der Waals surface area contributed by atoms with Gasteiger partial charge in [-0.15, -0.1) is 13.0 Å². The molecule has 0 heterocycles. The van der Waals surface area contributed by atoms with Crippen LogP contribution < -0.4 is 0 Å². The Bertz CT molecular complexity index is 264. The fourth-order valence-electron chi connectivity index (χ4n) is 0.830. The van der Waals surface area contributed by atoms with Crippen molar-refractivity contribution in [3.05, 3.63) is 42.0 Å². The van der Waals surface area contributed by atoms with E-state index in [1.807, 2.05) is 24.5 Å². The molecule has 0 aliphatic heterocycles. The third-order valence-corrected chi connectivity index (χ3v) is 1.40. The second-order valence-electron chi connectivity index (χ2n) is 2.08. The minimum Gasteiger partial charge on any atom is -0.388 e. The molecule has 1 aromatic carbocycles. The Kier molecular flexibility index (Phi) is 6.06. The van der Waals surface area contributed by atoms with Crippen molar-refractivity contribution in [1.82, 2.24) is 0 Å². The average molecular weight is 382 g/mol. The molecule has 12 heavy (non-hydrogen) atoms. The van der Waals surface area contributed by atoms with Gasteiger partial charge in [-0.2, -0.15) is 12.1 Å². The van der Waals surface area contributed by atoms with Gasteiger partial charge in [0.05, 0.1) is 0 Å². The van der Waals surface area contributed by atoms with E-state index in [2.05, 4.69) is 6.07 Å². The summed E-state index contributed by atoms with van der Waals surface area (Å²) in [6.45, 7) is 1.81. The van der Waals surface area contributed by atoms with Crippen LogP contribution in [0.2, 0.25) is 0 Å². The molecule has 1 aromatic rings. The van der Waals surface area contributed by atoms with E-state index in [4.69, 9.17) is 0 Å². The summed E-state index contributed by atoms with van der Waals surface area (Å²) in [5, 5.41) is 0. The summed E-state index contributed by atoms with van der Waals surface area (Å²) in [5.41, 5.74) is 1.36. The SMILES string of the molecule is C/C=C(/[C-]=O)c1[c-]cccc1.[U+2]. The summed E-state index contributed by atoms with van der Waals surface area (Å²) in [6, 6.07) is 10.3. The van der Waals surface area contributed by atoms with Gasteiger partial charge < -0.3 is 4.79 Å². The van der Waals surface area contributed by atoms with Crippen LogP contribution in [0.4, 0.5) is 0 Å². The number of hydrogen-bond donors (Lipinski definition) is 0. The van der Waals surface area contributed by atoms with Crippen LogP contribution in [0.1, 0.15) is 12.5 Å². The van der Waals surface area contributed by atoms with Crippen LogP contribution in [0.5, 0.6) is 0 Å². The topological polar surface area (TPSA) is 17.1 Å². The van der Waals surface area contributed by atoms with Crippen molar-refractivity contribution in [3.63, 3.8) is 0 Å². The van der Waals surface area contributed by atoms with Crippen molar-refractivity contribution >= 4 is 11.9 Å². The van der Waals surface area contributed by atoms with E-state index in [9.17, 15) is 4.79 Å². The average Bonchev–Trinajstić information content (AvgIpc) is 2.09. The van der Waals surface area contributed by atoms with Crippen molar-refractivity contribution in [3.8, 4) is 0 Å². The van der Waals surface area contributed by atoms with E-state index >= 15 is 0 Å². The summed E-state index contributed by atoms with van der Waals surface area (Å²) in [6.07, 6.45) is 3.57. The third kappa shape index (κ3) is 2.97. The van der Waals surface area contributed by atoms with Crippen LogP contribution in [0.15, 0.2) is 30.3 Å². The molecule has 0 atom stereocenters. The van der Waals surface area contributed by atoms with Gasteiger partial charge in [0.2, 0.25) is 0 Å². The van der Waals surface area contributed by atoms with Gasteiger partial charge >= 0.3 is 31.1 Å². The zero-order valence-corrected chi connectivity index (χ0v) is 11.0. The first-order valence-electron chi connectivity index (χ1n) is 3.40. The first-order valence-corrected chi connectivity index (χ1v) is 3.40. The fourth-order valence-corrected chi connectivity index (χ4v) is 0.830. The van der Waals surface area contributed by atoms with Gasteiger partial charge in [0.15, 0.2) is 0 Å². The molecule has 0 spiro atoms. The number of hydrogen-bond acceptors (Lipinski definition) is 1. The van der Waals surface area contributed by atoms with Crippen molar-refractivity contribution in [2.24, 2.45) is 0 Å². The zero-order valence-electron chi connectivity index (χ0n) is 6.79. The smallest absolute Gasteiger partial charge is 0.388 e. The van der Waals surface area contributed by atoms with Crippen molar-refractivity contribution in [2.75, 3.05) is 0 Å². The molecule has 0 amide bonds. The number of carbonyl (C=O) groups excluding carboxylic acids is 1. The maximum atomic E-state index is 10.3. The van der Waals surface area contributed by atoms with E-state index in [1.165, 1.54) is 0 Å². The first-order chi connectivity index (χ1) is 5.38. The second-order valence-corrected chi connectivity index (χ2v) is 2.08. The van der Waals surface area contributed by atoms with E-state index in [0.717, 1.165) is 5.56 Å². The predicted molar refractivity (Wildman–Crippen MR) is 44.6 cm³/mol. The maximum Gasteiger partial charge on any atom is 2.00 e. The molecule has 0 fully saturated rings. The molecule has 0 radical (unpaired) electrons. The quantitative estimate of drug-likeness (QED) is 0.565. The van der Waals surface area contributed by atoms with Crippen molar-refractivity contribution in [2.45, 2.75) is 6.92 Å². The molecular formula is C10H8OU. The molecule has 0 saturated heterocycles. The summed E-state index contributed by atoms with van der Waals surface area (Å²) >= 11 is 0. The van der Waals surface area contributed by atoms with Gasteiger partial charge in [-0.1, -0.05) is 0 Å². The number of rotatable bonds is 2. The van der Waals surface area contributed by atoms with E-state index in [1.54, 1.807) is 19.1 Å². The van der Waals surface area contributed by atoms with Crippen LogP contribution in [0.3, 0.4) is 0 Å². The third-order valence-electron chi connectivity index (χ3n) is 1.40. The number of allylic oxidation sites excluding steroid dienone is 2. The second kappa shape index (κ2) is 6.23. The van der Waals surface area contributed by atoms with E-state index in [-0.39, 0.29) is 31.1 Å². The van der Waals surface area contributed by atoms with Crippen molar-refractivity contribution in [1.29, 1.82) is 0 Å². The Morgan fingerprint density at radius 1 is 1.58 bits per heavy atom. The minimum absolute atomic E-state index is 0. The van der Waals surface area contributed by atoms with Crippen LogP contribution >= 0.6 is 0 Å². The molecule has 0 aliphatic rings. The standard InChI is InChI=1S/C10H8O.U/c1-2-9(8-11)10-6-4-3-5-7-10;/h2-6H,1H3;/q-2;+2/b9-2-;. The molecule has 0 N–H and O–H groups in total.